The van der Waals surface area contributed by atoms with E-state index >= 15 is 0 Å². The van der Waals surface area contributed by atoms with Crippen LogP contribution in [-0.2, 0) is 9.59 Å². The van der Waals surface area contributed by atoms with Gasteiger partial charge in [0.05, 0.1) is 17.1 Å². The molecule has 6 heteroatoms. The van der Waals surface area contributed by atoms with Gasteiger partial charge in [-0.15, -0.1) is 11.8 Å². The minimum Gasteiger partial charge on any atom is -0.480 e. The molecule has 0 radical (unpaired) electrons. The smallest absolute Gasteiger partial charge is 0.316 e. The fourth-order valence-electron chi connectivity index (χ4n) is 1.06. The van der Waals surface area contributed by atoms with Crippen LogP contribution in [-0.4, -0.2) is 33.0 Å². The van der Waals surface area contributed by atoms with E-state index in [2.05, 4.69) is 10.3 Å². The largest absolute Gasteiger partial charge is 0.480 e. The molecular formula is C11H14N2O3S. The highest BCUT2D eigenvalue weighted by Crippen LogP contribution is 2.12. The van der Waals surface area contributed by atoms with Crippen molar-refractivity contribution in [2.45, 2.75) is 18.6 Å². The first kappa shape index (κ1) is 13.5. The summed E-state index contributed by atoms with van der Waals surface area (Å²) in [6, 6.07) is 3.48. The van der Waals surface area contributed by atoms with Gasteiger partial charge >= 0.3 is 5.97 Å². The Morgan fingerprint density at radius 3 is 2.94 bits per heavy atom. The molecule has 0 aliphatic rings. The van der Waals surface area contributed by atoms with Crippen molar-refractivity contribution in [3.8, 4) is 0 Å². The molecular weight excluding hydrogens is 240 g/mol. The second-order valence-corrected chi connectivity index (χ2v) is 4.84. The lowest BCUT2D eigenvalue weighted by molar-refractivity contribution is -0.136. The van der Waals surface area contributed by atoms with E-state index in [0.717, 1.165) is 0 Å². The first-order valence-corrected chi connectivity index (χ1v) is 6.18. The van der Waals surface area contributed by atoms with Gasteiger partial charge in [-0.25, -0.2) is 0 Å². The lowest BCUT2D eigenvalue weighted by atomic mass is 10.4. The van der Waals surface area contributed by atoms with E-state index in [4.69, 9.17) is 5.11 Å². The summed E-state index contributed by atoms with van der Waals surface area (Å²) >= 11 is 1.25. The van der Waals surface area contributed by atoms with Crippen molar-refractivity contribution < 1.29 is 14.7 Å². The minimum absolute atomic E-state index is 0.136. The van der Waals surface area contributed by atoms with Crippen molar-refractivity contribution >= 4 is 29.3 Å². The summed E-state index contributed by atoms with van der Waals surface area (Å²) in [6.07, 6.45) is 3.47. The van der Waals surface area contributed by atoms with Gasteiger partial charge in [-0.1, -0.05) is 0 Å². The topological polar surface area (TPSA) is 79.3 Å². The van der Waals surface area contributed by atoms with E-state index < -0.39 is 11.2 Å². The SMILES string of the molecule is CC(SCCC(=O)Nc1cccnc1)C(=O)O. The van der Waals surface area contributed by atoms with Gasteiger partial charge in [0.1, 0.15) is 0 Å². The highest BCUT2D eigenvalue weighted by atomic mass is 32.2. The van der Waals surface area contributed by atoms with E-state index in [9.17, 15) is 9.59 Å². The number of carbonyl (C=O) groups excluding carboxylic acids is 1. The number of anilines is 1. The lowest BCUT2D eigenvalue weighted by Gasteiger charge is -2.06. The summed E-state index contributed by atoms with van der Waals surface area (Å²) in [4.78, 5) is 25.9. The highest BCUT2D eigenvalue weighted by Gasteiger charge is 2.11. The molecule has 2 N–H and O–H groups in total. The molecule has 1 unspecified atom stereocenters. The van der Waals surface area contributed by atoms with Crippen LogP contribution < -0.4 is 5.32 Å². The van der Waals surface area contributed by atoms with Crippen LogP contribution in [0.25, 0.3) is 0 Å². The van der Waals surface area contributed by atoms with Crippen LogP contribution in [0.15, 0.2) is 24.5 Å². The molecule has 1 rings (SSSR count). The normalized spacial score (nSPS) is 11.8. The third kappa shape index (κ3) is 5.35. The van der Waals surface area contributed by atoms with Crippen molar-refractivity contribution in [1.29, 1.82) is 0 Å². The predicted molar refractivity (Wildman–Crippen MR) is 67.0 cm³/mol. The van der Waals surface area contributed by atoms with E-state index in [1.165, 1.54) is 11.8 Å². The highest BCUT2D eigenvalue weighted by molar-refractivity contribution is 8.00. The number of carboxylic acid groups (broad SMARTS) is 1. The number of nitrogens with one attached hydrogen (secondary N) is 1. The van der Waals surface area contributed by atoms with Gasteiger partial charge in [-0.2, -0.15) is 0 Å². The van der Waals surface area contributed by atoms with E-state index in [1.54, 1.807) is 31.5 Å². The average molecular weight is 254 g/mol. The van der Waals surface area contributed by atoms with E-state index in [1.807, 2.05) is 0 Å². The molecule has 0 aliphatic heterocycles. The third-order valence-electron chi connectivity index (χ3n) is 1.99. The summed E-state index contributed by atoms with van der Waals surface area (Å²) in [6.45, 7) is 1.60. The Bertz CT molecular complexity index is 384. The average Bonchev–Trinajstić information content (AvgIpc) is 2.30. The number of nitrogens with zero attached hydrogens (tertiary/aromatic N) is 1. The number of thioether (sulfide) groups is 1. The molecule has 1 amide bonds. The van der Waals surface area contributed by atoms with Crippen LogP contribution in [0.4, 0.5) is 5.69 Å². The van der Waals surface area contributed by atoms with Gasteiger partial charge in [0.15, 0.2) is 0 Å². The number of hydrogen-bond acceptors (Lipinski definition) is 4. The Morgan fingerprint density at radius 2 is 2.35 bits per heavy atom. The standard InChI is InChI=1S/C11H14N2O3S/c1-8(11(15)16)17-6-4-10(14)13-9-3-2-5-12-7-9/h2-3,5,7-8H,4,6H2,1H3,(H,13,14)(H,15,16). The molecule has 17 heavy (non-hydrogen) atoms. The van der Waals surface area contributed by atoms with Gasteiger partial charge in [0.2, 0.25) is 5.91 Å². The molecule has 0 aromatic carbocycles. The zero-order valence-electron chi connectivity index (χ0n) is 9.42. The van der Waals surface area contributed by atoms with Crippen LogP contribution in [0.5, 0.6) is 0 Å². The summed E-state index contributed by atoms with van der Waals surface area (Å²) in [5.74, 6) is -0.509. The molecule has 92 valence electrons. The summed E-state index contributed by atoms with van der Waals surface area (Å²) in [7, 11) is 0. The molecule has 1 heterocycles. The molecule has 0 bridgehead atoms. The number of carboxylic acids is 1. The number of hydrogen-bond donors (Lipinski definition) is 2. The summed E-state index contributed by atoms with van der Waals surface area (Å²) in [5, 5.41) is 10.9. The quantitative estimate of drug-likeness (QED) is 0.806. The van der Waals surface area contributed by atoms with Crippen molar-refractivity contribution in [1.82, 2.24) is 4.98 Å². The fourth-order valence-corrected chi connectivity index (χ4v) is 1.86. The molecule has 0 saturated carbocycles. The maximum atomic E-state index is 11.5. The van der Waals surface area contributed by atoms with Crippen LogP contribution >= 0.6 is 11.8 Å². The number of aliphatic carboxylic acids is 1. The Labute approximate surface area is 104 Å². The van der Waals surface area contributed by atoms with Crippen molar-refractivity contribution in [3.05, 3.63) is 24.5 Å². The monoisotopic (exact) mass is 254 g/mol. The van der Waals surface area contributed by atoms with Crippen molar-refractivity contribution in [2.75, 3.05) is 11.1 Å². The maximum absolute atomic E-state index is 11.5. The number of pyridine rings is 1. The van der Waals surface area contributed by atoms with Crippen molar-refractivity contribution in [2.24, 2.45) is 0 Å². The van der Waals surface area contributed by atoms with Gasteiger partial charge < -0.3 is 10.4 Å². The van der Waals surface area contributed by atoms with Crippen LogP contribution in [0.3, 0.4) is 0 Å². The Kier molecular flexibility index (Phi) is 5.48. The third-order valence-corrected chi connectivity index (χ3v) is 3.13. The molecule has 1 atom stereocenters. The Hall–Kier alpha value is -1.56. The number of amides is 1. The molecule has 0 fully saturated rings. The molecule has 1 aromatic rings. The second kappa shape index (κ2) is 6.90. The van der Waals surface area contributed by atoms with Crippen LogP contribution in [0.1, 0.15) is 13.3 Å². The molecule has 0 spiro atoms. The zero-order valence-corrected chi connectivity index (χ0v) is 10.2. The number of carbonyl (C=O) groups is 2. The second-order valence-electron chi connectivity index (χ2n) is 3.39. The first-order valence-electron chi connectivity index (χ1n) is 5.14. The molecule has 1 aromatic heterocycles. The van der Waals surface area contributed by atoms with Gasteiger partial charge in [0, 0.05) is 18.4 Å². The molecule has 5 nitrogen and oxygen atoms in total. The van der Waals surface area contributed by atoms with Crippen LogP contribution in [0.2, 0.25) is 0 Å². The van der Waals surface area contributed by atoms with Crippen molar-refractivity contribution in [3.63, 3.8) is 0 Å². The number of aromatic nitrogens is 1. The minimum atomic E-state index is -0.859. The molecule has 0 aliphatic carbocycles. The first-order chi connectivity index (χ1) is 8.09. The maximum Gasteiger partial charge on any atom is 0.316 e. The summed E-state index contributed by atoms with van der Waals surface area (Å²) < 4.78 is 0. The molecule has 0 saturated heterocycles. The van der Waals surface area contributed by atoms with Gasteiger partial charge in [-0.05, 0) is 19.1 Å². The Morgan fingerprint density at radius 1 is 1.59 bits per heavy atom. The van der Waals surface area contributed by atoms with E-state index in [-0.39, 0.29) is 12.3 Å². The van der Waals surface area contributed by atoms with Gasteiger partial charge in [-0.3, -0.25) is 14.6 Å². The predicted octanol–water partition coefficient (Wildman–Crippen LogP) is 1.62. The van der Waals surface area contributed by atoms with Gasteiger partial charge in [0.25, 0.3) is 0 Å². The number of rotatable bonds is 6. The fraction of sp³-hybridized carbons (Fsp3) is 0.364. The van der Waals surface area contributed by atoms with Crippen LogP contribution in [0, 0.1) is 0 Å². The zero-order chi connectivity index (χ0) is 12.7. The summed E-state index contributed by atoms with van der Waals surface area (Å²) in [5.41, 5.74) is 0.647. The lowest BCUT2D eigenvalue weighted by Crippen LogP contribution is -2.16. The van der Waals surface area contributed by atoms with E-state index in [0.29, 0.717) is 11.4 Å². The Balaban J connectivity index is 2.25.